The maximum absolute atomic E-state index is 5.15. The molecule has 0 saturated heterocycles. The van der Waals surface area contributed by atoms with Crippen LogP contribution in [0.3, 0.4) is 0 Å². The fraction of sp³-hybridized carbons (Fsp3) is 1.00. The minimum absolute atomic E-state index is 0.0115. The molecule has 0 spiro atoms. The summed E-state index contributed by atoms with van der Waals surface area (Å²) in [5.74, 6) is 0. The molecule has 0 radical (unpaired) electrons. The number of rotatable bonds is 3. The number of thiol groups is 1. The van der Waals surface area contributed by atoms with E-state index < -0.39 is 0 Å². The first kappa shape index (κ1) is 8.27. The van der Waals surface area contributed by atoms with Crippen molar-refractivity contribution in [3.63, 3.8) is 0 Å². The summed E-state index contributed by atoms with van der Waals surface area (Å²) in [6.45, 7) is 3.82. The van der Waals surface area contributed by atoms with E-state index in [-0.39, 0.29) is 11.7 Å². The molecule has 0 aliphatic carbocycles. The molecule has 1 N–H and O–H groups in total. The Morgan fingerprint density at radius 3 is 2.12 bits per heavy atom. The Morgan fingerprint density at radius 2 is 2.00 bits per heavy atom. The molecule has 0 fully saturated rings. The van der Waals surface area contributed by atoms with Gasteiger partial charge in [-0.1, -0.05) is 0 Å². The molecule has 0 heterocycles. The van der Waals surface area contributed by atoms with E-state index in [2.05, 4.69) is 17.9 Å². The van der Waals surface area contributed by atoms with Gasteiger partial charge in [-0.05, 0) is 20.9 Å². The van der Waals surface area contributed by atoms with Crippen LogP contribution in [0.25, 0.3) is 0 Å². The molecule has 0 aromatic carbocycles. The minimum Gasteiger partial charge on any atom is -0.350 e. The van der Waals surface area contributed by atoms with Crippen molar-refractivity contribution in [3.8, 4) is 0 Å². The van der Waals surface area contributed by atoms with Crippen molar-refractivity contribution >= 4 is 12.6 Å². The van der Waals surface area contributed by atoms with Gasteiger partial charge in [0.25, 0.3) is 0 Å². The number of hydrogen-bond donors (Lipinski definition) is 2. The molecule has 0 rings (SSSR count). The van der Waals surface area contributed by atoms with Crippen LogP contribution >= 0.6 is 12.6 Å². The second-order valence-corrected chi connectivity index (χ2v) is 2.39. The zero-order valence-electron chi connectivity index (χ0n) is 5.51. The quantitative estimate of drug-likeness (QED) is 0.442. The molecule has 0 amide bonds. The molecule has 0 bridgehead atoms. The van der Waals surface area contributed by atoms with Gasteiger partial charge in [0, 0.05) is 0 Å². The first-order valence-electron chi connectivity index (χ1n) is 2.67. The summed E-state index contributed by atoms with van der Waals surface area (Å²) < 4.78 is 5.15. The van der Waals surface area contributed by atoms with Crippen molar-refractivity contribution in [2.24, 2.45) is 0 Å². The van der Waals surface area contributed by atoms with Gasteiger partial charge in [-0.15, -0.1) is 12.6 Å². The van der Waals surface area contributed by atoms with Crippen molar-refractivity contribution in [1.29, 1.82) is 0 Å². The van der Waals surface area contributed by atoms with Gasteiger partial charge in [-0.25, -0.2) is 0 Å². The Morgan fingerprint density at radius 1 is 1.50 bits per heavy atom. The fourth-order valence-electron chi connectivity index (χ4n) is 0.363. The van der Waals surface area contributed by atoms with Crippen LogP contribution in [0, 0.1) is 0 Å². The lowest BCUT2D eigenvalue weighted by atomic mass is 10.6. The SMILES string of the molecule is CNC(C)OC(C)S. The lowest BCUT2D eigenvalue weighted by molar-refractivity contribution is 0.0401. The number of hydrogen-bond acceptors (Lipinski definition) is 3. The second kappa shape index (κ2) is 4.18. The van der Waals surface area contributed by atoms with Crippen LogP contribution in [-0.4, -0.2) is 18.7 Å². The average molecular weight is 135 g/mol. The summed E-state index contributed by atoms with van der Waals surface area (Å²) in [6.07, 6.45) is 0.0995. The number of nitrogens with one attached hydrogen (secondary N) is 1. The van der Waals surface area contributed by atoms with E-state index in [0.717, 1.165) is 0 Å². The Labute approximate surface area is 56.0 Å². The van der Waals surface area contributed by atoms with Crippen molar-refractivity contribution in [2.75, 3.05) is 7.05 Å². The molecular formula is C5H13NOS. The van der Waals surface area contributed by atoms with E-state index in [1.807, 2.05) is 20.9 Å². The Balaban J connectivity index is 3.10. The number of ether oxygens (including phenoxy) is 1. The predicted molar refractivity (Wildman–Crippen MR) is 38.1 cm³/mol. The van der Waals surface area contributed by atoms with Crippen molar-refractivity contribution in [3.05, 3.63) is 0 Å². The van der Waals surface area contributed by atoms with Crippen LogP contribution in [0.4, 0.5) is 0 Å². The molecule has 0 aromatic rings. The first-order chi connectivity index (χ1) is 3.66. The highest BCUT2D eigenvalue weighted by Crippen LogP contribution is 1.97. The third kappa shape index (κ3) is 4.43. The smallest absolute Gasteiger partial charge is 0.106 e. The van der Waals surface area contributed by atoms with Crippen LogP contribution in [0.1, 0.15) is 13.8 Å². The van der Waals surface area contributed by atoms with Crippen molar-refractivity contribution in [1.82, 2.24) is 5.32 Å². The van der Waals surface area contributed by atoms with Gasteiger partial charge in [0.05, 0.1) is 5.44 Å². The maximum atomic E-state index is 5.15. The molecule has 0 aliphatic heterocycles. The monoisotopic (exact) mass is 135 g/mol. The van der Waals surface area contributed by atoms with E-state index in [0.29, 0.717) is 0 Å². The normalized spacial score (nSPS) is 18.0. The average Bonchev–Trinajstić information content (AvgIpc) is 1.65. The zero-order valence-corrected chi connectivity index (χ0v) is 6.40. The molecule has 50 valence electrons. The molecule has 3 heteroatoms. The minimum atomic E-state index is 0.0115. The van der Waals surface area contributed by atoms with Crippen molar-refractivity contribution in [2.45, 2.75) is 25.5 Å². The van der Waals surface area contributed by atoms with Crippen LogP contribution in [0.15, 0.2) is 0 Å². The molecule has 0 aliphatic rings. The van der Waals surface area contributed by atoms with Gasteiger partial charge < -0.3 is 4.74 Å². The molecule has 0 aromatic heterocycles. The van der Waals surface area contributed by atoms with E-state index in [9.17, 15) is 0 Å². The zero-order chi connectivity index (χ0) is 6.57. The summed E-state index contributed by atoms with van der Waals surface area (Å²) >= 11 is 4.03. The van der Waals surface area contributed by atoms with Gasteiger partial charge in [-0.2, -0.15) is 0 Å². The van der Waals surface area contributed by atoms with E-state index in [4.69, 9.17) is 4.74 Å². The van der Waals surface area contributed by atoms with Crippen LogP contribution in [0.5, 0.6) is 0 Å². The summed E-state index contributed by atoms with van der Waals surface area (Å²) in [6, 6.07) is 0. The van der Waals surface area contributed by atoms with Gasteiger partial charge in [-0.3, -0.25) is 5.32 Å². The Kier molecular flexibility index (Phi) is 4.32. The molecule has 2 atom stereocenters. The fourth-order valence-corrected chi connectivity index (χ4v) is 0.546. The highest BCUT2D eigenvalue weighted by Gasteiger charge is 1.98. The van der Waals surface area contributed by atoms with Gasteiger partial charge in [0.2, 0.25) is 0 Å². The molecule has 2 unspecified atom stereocenters. The maximum Gasteiger partial charge on any atom is 0.106 e. The molecule has 0 saturated carbocycles. The second-order valence-electron chi connectivity index (χ2n) is 1.67. The summed E-state index contributed by atoms with van der Waals surface area (Å²) in [4.78, 5) is 0. The summed E-state index contributed by atoms with van der Waals surface area (Å²) in [5.41, 5.74) is 0.0115. The standard InChI is InChI=1S/C5H13NOS/c1-4(6-3)7-5(2)8/h4-6,8H,1-3H3. The Bertz CT molecular complexity index is 58.4. The van der Waals surface area contributed by atoms with Crippen LogP contribution in [0.2, 0.25) is 0 Å². The van der Waals surface area contributed by atoms with E-state index in [1.165, 1.54) is 0 Å². The highest BCUT2D eigenvalue weighted by molar-refractivity contribution is 7.80. The lowest BCUT2D eigenvalue weighted by Crippen LogP contribution is -2.26. The third-order valence-electron chi connectivity index (χ3n) is 0.808. The van der Waals surface area contributed by atoms with Gasteiger partial charge in [0.1, 0.15) is 6.23 Å². The highest BCUT2D eigenvalue weighted by atomic mass is 32.1. The predicted octanol–water partition coefficient (Wildman–Crippen LogP) is 0.844. The van der Waals surface area contributed by atoms with Gasteiger partial charge in [0.15, 0.2) is 0 Å². The summed E-state index contributed by atoms with van der Waals surface area (Å²) in [5, 5.41) is 2.93. The lowest BCUT2D eigenvalue weighted by Gasteiger charge is -2.13. The van der Waals surface area contributed by atoms with Gasteiger partial charge >= 0.3 is 0 Å². The first-order valence-corrected chi connectivity index (χ1v) is 3.19. The molecule has 8 heavy (non-hydrogen) atoms. The van der Waals surface area contributed by atoms with Crippen LogP contribution < -0.4 is 5.32 Å². The third-order valence-corrected chi connectivity index (χ3v) is 0.929. The largest absolute Gasteiger partial charge is 0.350 e. The summed E-state index contributed by atoms with van der Waals surface area (Å²) in [7, 11) is 1.85. The van der Waals surface area contributed by atoms with Crippen molar-refractivity contribution < 1.29 is 4.74 Å². The molecular weight excluding hydrogens is 122 g/mol. The van der Waals surface area contributed by atoms with E-state index in [1.54, 1.807) is 0 Å². The topological polar surface area (TPSA) is 21.3 Å². The van der Waals surface area contributed by atoms with Crippen LogP contribution in [-0.2, 0) is 4.74 Å². The van der Waals surface area contributed by atoms with E-state index >= 15 is 0 Å². The molecule has 2 nitrogen and oxygen atoms in total. The Hall–Kier alpha value is 0.270.